The van der Waals surface area contributed by atoms with Gasteiger partial charge < -0.3 is 14.4 Å². The first-order valence-corrected chi connectivity index (χ1v) is 10.9. The van der Waals surface area contributed by atoms with Crippen LogP contribution in [0.3, 0.4) is 0 Å². The number of ether oxygens (including phenoxy) is 2. The predicted octanol–water partition coefficient (Wildman–Crippen LogP) is 5.22. The normalized spacial score (nSPS) is 18.1. The molecule has 0 N–H and O–H groups in total. The third-order valence-electron chi connectivity index (χ3n) is 5.94. The third-order valence-corrected chi connectivity index (χ3v) is 6.24. The molecular formula is C23H20ClF3N4O2. The van der Waals surface area contributed by atoms with Gasteiger partial charge in [-0.3, -0.25) is 9.97 Å². The number of anilines is 1. The Morgan fingerprint density at radius 3 is 2.27 bits per heavy atom. The standard InChI is InChI=1S/C23H20ClF3N4O2/c24-18-13-28-8-5-17(18)21-20(15-1-3-16(4-2-15)23(25,26)27)29-14-19(30-21)31-9-6-22(7-10-31)32-11-12-33-22/h1-5,8,13-14H,6-7,9-12H2. The van der Waals surface area contributed by atoms with Crippen LogP contribution in [0.2, 0.25) is 5.02 Å². The quantitative estimate of drug-likeness (QED) is 0.516. The Morgan fingerprint density at radius 1 is 0.939 bits per heavy atom. The number of halogens is 4. The summed E-state index contributed by atoms with van der Waals surface area (Å²) >= 11 is 6.40. The molecule has 2 aliphatic heterocycles. The van der Waals surface area contributed by atoms with Gasteiger partial charge in [0.05, 0.1) is 35.7 Å². The molecule has 5 rings (SSSR count). The van der Waals surface area contributed by atoms with E-state index in [4.69, 9.17) is 26.1 Å². The minimum absolute atomic E-state index is 0.377. The number of nitrogens with zero attached hydrogens (tertiary/aromatic N) is 4. The van der Waals surface area contributed by atoms with E-state index in [9.17, 15) is 13.2 Å². The highest BCUT2D eigenvalue weighted by atomic mass is 35.5. The van der Waals surface area contributed by atoms with Crippen LogP contribution in [-0.4, -0.2) is 47.0 Å². The summed E-state index contributed by atoms with van der Waals surface area (Å²) in [4.78, 5) is 15.5. The Kier molecular flexibility index (Phi) is 5.72. The van der Waals surface area contributed by atoms with Gasteiger partial charge in [0.25, 0.3) is 0 Å². The fourth-order valence-corrected chi connectivity index (χ4v) is 4.39. The summed E-state index contributed by atoms with van der Waals surface area (Å²) in [5, 5.41) is 0.377. The van der Waals surface area contributed by atoms with Crippen molar-refractivity contribution in [2.45, 2.75) is 24.8 Å². The highest BCUT2D eigenvalue weighted by molar-refractivity contribution is 6.33. The van der Waals surface area contributed by atoms with E-state index in [1.165, 1.54) is 18.3 Å². The molecule has 0 bridgehead atoms. The number of alkyl halides is 3. The number of benzene rings is 1. The molecule has 3 aromatic rings. The Labute approximate surface area is 193 Å². The molecule has 1 spiro atoms. The molecule has 0 amide bonds. The van der Waals surface area contributed by atoms with Crippen molar-refractivity contribution in [3.8, 4) is 22.5 Å². The summed E-state index contributed by atoms with van der Waals surface area (Å²) in [6, 6.07) is 6.58. The number of pyridine rings is 1. The van der Waals surface area contributed by atoms with Gasteiger partial charge in [-0.15, -0.1) is 0 Å². The average molecular weight is 477 g/mol. The van der Waals surface area contributed by atoms with Crippen LogP contribution in [0.1, 0.15) is 18.4 Å². The van der Waals surface area contributed by atoms with E-state index in [0.29, 0.717) is 72.5 Å². The molecule has 0 radical (unpaired) electrons. The lowest BCUT2D eigenvalue weighted by Crippen LogP contribution is -2.45. The summed E-state index contributed by atoms with van der Waals surface area (Å²) in [5.74, 6) is 0.141. The molecule has 2 fully saturated rings. The maximum atomic E-state index is 13.0. The molecule has 1 aromatic carbocycles. The van der Waals surface area contributed by atoms with Crippen LogP contribution in [0.4, 0.5) is 19.0 Å². The van der Waals surface area contributed by atoms with Crippen LogP contribution in [0.5, 0.6) is 0 Å². The maximum Gasteiger partial charge on any atom is 0.416 e. The Bertz CT molecular complexity index is 1140. The van der Waals surface area contributed by atoms with Crippen molar-refractivity contribution in [1.82, 2.24) is 15.0 Å². The van der Waals surface area contributed by atoms with Crippen LogP contribution in [0.25, 0.3) is 22.5 Å². The van der Waals surface area contributed by atoms with E-state index in [1.54, 1.807) is 18.5 Å². The van der Waals surface area contributed by atoms with E-state index in [2.05, 4.69) is 14.9 Å². The van der Waals surface area contributed by atoms with Crippen molar-refractivity contribution >= 4 is 17.4 Å². The van der Waals surface area contributed by atoms with Crippen molar-refractivity contribution in [3.05, 3.63) is 59.5 Å². The van der Waals surface area contributed by atoms with Gasteiger partial charge in [-0.25, -0.2) is 4.98 Å². The summed E-state index contributed by atoms with van der Waals surface area (Å²) in [6.07, 6.45) is 1.73. The van der Waals surface area contributed by atoms with Gasteiger partial charge in [0.15, 0.2) is 5.79 Å². The highest BCUT2D eigenvalue weighted by Crippen LogP contribution is 2.37. The smallest absolute Gasteiger partial charge is 0.355 e. The number of piperidine rings is 1. The van der Waals surface area contributed by atoms with Gasteiger partial charge >= 0.3 is 6.18 Å². The van der Waals surface area contributed by atoms with Gasteiger partial charge in [-0.05, 0) is 18.2 Å². The molecule has 33 heavy (non-hydrogen) atoms. The maximum absolute atomic E-state index is 13.0. The first kappa shape index (κ1) is 22.1. The second-order valence-electron chi connectivity index (χ2n) is 7.95. The Hall–Kier alpha value is -2.75. The molecular weight excluding hydrogens is 457 g/mol. The average Bonchev–Trinajstić information content (AvgIpc) is 3.27. The zero-order valence-electron chi connectivity index (χ0n) is 17.5. The molecule has 0 atom stereocenters. The van der Waals surface area contributed by atoms with Crippen molar-refractivity contribution < 1.29 is 22.6 Å². The van der Waals surface area contributed by atoms with Crippen molar-refractivity contribution in [2.24, 2.45) is 0 Å². The number of rotatable bonds is 3. The van der Waals surface area contributed by atoms with Crippen LogP contribution >= 0.6 is 11.6 Å². The highest BCUT2D eigenvalue weighted by Gasteiger charge is 2.40. The minimum Gasteiger partial charge on any atom is -0.355 e. The second-order valence-corrected chi connectivity index (χ2v) is 8.36. The van der Waals surface area contributed by atoms with Gasteiger partial charge in [-0.2, -0.15) is 13.2 Å². The van der Waals surface area contributed by atoms with Crippen molar-refractivity contribution in [1.29, 1.82) is 0 Å². The number of hydrogen-bond acceptors (Lipinski definition) is 6. The van der Waals surface area contributed by atoms with Crippen LogP contribution in [-0.2, 0) is 15.7 Å². The molecule has 2 aromatic heterocycles. The zero-order chi connectivity index (χ0) is 23.1. The predicted molar refractivity (Wildman–Crippen MR) is 117 cm³/mol. The molecule has 2 saturated heterocycles. The Morgan fingerprint density at radius 2 is 1.64 bits per heavy atom. The summed E-state index contributed by atoms with van der Waals surface area (Å²) < 4.78 is 50.6. The lowest BCUT2D eigenvalue weighted by atomic mass is 10.0. The first-order chi connectivity index (χ1) is 15.8. The number of aromatic nitrogens is 3. The monoisotopic (exact) mass is 476 g/mol. The van der Waals surface area contributed by atoms with Gasteiger partial charge in [0, 0.05) is 49.5 Å². The van der Waals surface area contributed by atoms with Gasteiger partial charge in [-0.1, -0.05) is 23.7 Å². The zero-order valence-corrected chi connectivity index (χ0v) is 18.2. The van der Waals surface area contributed by atoms with Gasteiger partial charge in [0.1, 0.15) is 11.5 Å². The summed E-state index contributed by atoms with van der Waals surface area (Å²) in [7, 11) is 0. The summed E-state index contributed by atoms with van der Waals surface area (Å²) in [6.45, 7) is 2.56. The van der Waals surface area contributed by atoms with E-state index < -0.39 is 17.5 Å². The lowest BCUT2D eigenvalue weighted by molar-refractivity contribution is -0.169. The largest absolute Gasteiger partial charge is 0.416 e. The molecule has 0 unspecified atom stereocenters. The van der Waals surface area contributed by atoms with E-state index in [1.807, 2.05) is 0 Å². The molecule has 10 heteroatoms. The Balaban J connectivity index is 1.51. The van der Waals surface area contributed by atoms with Crippen molar-refractivity contribution in [3.63, 3.8) is 0 Å². The molecule has 6 nitrogen and oxygen atoms in total. The van der Waals surface area contributed by atoms with E-state index in [-0.39, 0.29) is 0 Å². The van der Waals surface area contributed by atoms with Crippen LogP contribution < -0.4 is 4.90 Å². The van der Waals surface area contributed by atoms with Crippen LogP contribution in [0.15, 0.2) is 48.9 Å². The lowest BCUT2D eigenvalue weighted by Gasteiger charge is -2.38. The fraction of sp³-hybridized carbons (Fsp3) is 0.348. The minimum atomic E-state index is -4.41. The SMILES string of the molecule is FC(F)(F)c1ccc(-c2ncc(N3CCC4(CC3)OCCO4)nc2-c2ccncc2Cl)cc1. The first-order valence-electron chi connectivity index (χ1n) is 10.5. The van der Waals surface area contributed by atoms with Gasteiger partial charge in [0.2, 0.25) is 0 Å². The van der Waals surface area contributed by atoms with Crippen LogP contribution in [0, 0.1) is 0 Å². The second kappa shape index (κ2) is 8.55. The summed E-state index contributed by atoms with van der Waals surface area (Å²) in [5.41, 5.74) is 1.31. The molecule has 0 aliphatic carbocycles. The van der Waals surface area contributed by atoms with E-state index >= 15 is 0 Å². The van der Waals surface area contributed by atoms with Crippen molar-refractivity contribution in [2.75, 3.05) is 31.2 Å². The molecule has 2 aliphatic rings. The topological polar surface area (TPSA) is 60.4 Å². The molecule has 4 heterocycles. The molecule has 172 valence electrons. The number of hydrogen-bond donors (Lipinski definition) is 0. The van der Waals surface area contributed by atoms with E-state index in [0.717, 1.165) is 12.1 Å². The third kappa shape index (κ3) is 4.40. The molecule has 0 saturated carbocycles. The fourth-order valence-electron chi connectivity index (χ4n) is 4.18.